The molecule has 1 aromatic carbocycles. The van der Waals surface area contributed by atoms with E-state index in [2.05, 4.69) is 6.58 Å². The number of hydrogen-bond donors (Lipinski definition) is 2. The van der Waals surface area contributed by atoms with Crippen LogP contribution in [-0.2, 0) is 4.79 Å². The fraction of sp³-hybridized carbons (Fsp3) is 0.357. The minimum atomic E-state index is -0.884. The maximum absolute atomic E-state index is 10.9. The average Bonchev–Trinajstić information content (AvgIpc) is 2.32. The maximum Gasteiger partial charge on any atom is 0.317 e. The van der Waals surface area contributed by atoms with Gasteiger partial charge in [-0.3, -0.25) is 9.69 Å². The number of carbonyl (C=O) groups is 1. The molecule has 0 spiro atoms. The molecule has 0 heterocycles. The number of aliphatic carboxylic acids is 1. The molecule has 18 heavy (non-hydrogen) atoms. The van der Waals surface area contributed by atoms with Gasteiger partial charge in [0.15, 0.2) is 0 Å². The van der Waals surface area contributed by atoms with Crippen LogP contribution in [-0.4, -0.2) is 34.2 Å². The highest BCUT2D eigenvalue weighted by molar-refractivity contribution is 5.69. The Kier molecular flexibility index (Phi) is 5.39. The highest BCUT2D eigenvalue weighted by atomic mass is 16.4. The van der Waals surface area contributed by atoms with Crippen LogP contribution in [0.3, 0.4) is 0 Å². The smallest absolute Gasteiger partial charge is 0.317 e. The Morgan fingerprint density at radius 3 is 2.67 bits per heavy atom. The fourth-order valence-electron chi connectivity index (χ4n) is 2.09. The van der Waals surface area contributed by atoms with Crippen molar-refractivity contribution in [1.82, 2.24) is 4.90 Å². The molecule has 0 saturated carbocycles. The van der Waals surface area contributed by atoms with Crippen LogP contribution in [0.4, 0.5) is 0 Å². The van der Waals surface area contributed by atoms with Crippen LogP contribution in [0.1, 0.15) is 24.9 Å². The molecule has 0 saturated heterocycles. The van der Waals surface area contributed by atoms with Crippen LogP contribution < -0.4 is 0 Å². The van der Waals surface area contributed by atoms with Gasteiger partial charge in [-0.05, 0) is 12.5 Å². The number of carboxylic acid groups (broad SMARTS) is 1. The lowest BCUT2D eigenvalue weighted by molar-refractivity contribution is -0.138. The lowest BCUT2D eigenvalue weighted by atomic mass is 10.0. The molecule has 0 aliphatic carbocycles. The highest BCUT2D eigenvalue weighted by Crippen LogP contribution is 2.30. The number of nitrogens with zero attached hydrogens (tertiary/aromatic N) is 1. The van der Waals surface area contributed by atoms with Gasteiger partial charge >= 0.3 is 5.97 Å². The molecule has 1 rings (SSSR count). The van der Waals surface area contributed by atoms with E-state index in [4.69, 9.17) is 5.11 Å². The fourth-order valence-corrected chi connectivity index (χ4v) is 2.09. The molecule has 4 nitrogen and oxygen atoms in total. The average molecular weight is 249 g/mol. The zero-order valence-electron chi connectivity index (χ0n) is 10.5. The van der Waals surface area contributed by atoms with Gasteiger partial charge in [-0.25, -0.2) is 0 Å². The predicted molar refractivity (Wildman–Crippen MR) is 70.5 cm³/mol. The number of para-hydroxylation sites is 1. The third-order valence-corrected chi connectivity index (χ3v) is 2.83. The summed E-state index contributed by atoms with van der Waals surface area (Å²) < 4.78 is 0. The molecule has 0 aliphatic rings. The van der Waals surface area contributed by atoms with Crippen LogP contribution in [0.5, 0.6) is 5.75 Å². The molecular formula is C14H19NO3. The second-order valence-corrected chi connectivity index (χ2v) is 4.09. The van der Waals surface area contributed by atoms with Gasteiger partial charge in [0.2, 0.25) is 0 Å². The topological polar surface area (TPSA) is 60.8 Å². The van der Waals surface area contributed by atoms with Crippen molar-refractivity contribution < 1.29 is 15.0 Å². The SMILES string of the molecule is C=CCN(CC(=O)O)C(CC)c1ccccc1O. The van der Waals surface area contributed by atoms with E-state index >= 15 is 0 Å². The van der Waals surface area contributed by atoms with Gasteiger partial charge in [-0.15, -0.1) is 6.58 Å². The van der Waals surface area contributed by atoms with Gasteiger partial charge < -0.3 is 10.2 Å². The van der Waals surface area contributed by atoms with Gasteiger partial charge in [-0.2, -0.15) is 0 Å². The van der Waals surface area contributed by atoms with Crippen LogP contribution in [0.25, 0.3) is 0 Å². The lowest BCUT2D eigenvalue weighted by Gasteiger charge is -2.29. The number of phenolic OH excluding ortho intramolecular Hbond substituents is 1. The number of aromatic hydroxyl groups is 1. The second kappa shape index (κ2) is 6.81. The van der Waals surface area contributed by atoms with E-state index in [9.17, 15) is 9.90 Å². The van der Waals surface area contributed by atoms with E-state index in [0.717, 1.165) is 12.0 Å². The molecule has 0 amide bonds. The van der Waals surface area contributed by atoms with Crippen molar-refractivity contribution in [2.45, 2.75) is 19.4 Å². The predicted octanol–water partition coefficient (Wildman–Crippen LogP) is 2.42. The van der Waals surface area contributed by atoms with Crippen LogP contribution in [0.15, 0.2) is 36.9 Å². The molecule has 1 unspecified atom stereocenters. The number of phenols is 1. The summed E-state index contributed by atoms with van der Waals surface area (Å²) in [4.78, 5) is 12.7. The summed E-state index contributed by atoms with van der Waals surface area (Å²) in [5.74, 6) is -0.686. The van der Waals surface area contributed by atoms with Crippen LogP contribution >= 0.6 is 0 Å². The molecule has 1 atom stereocenters. The Labute approximate surface area is 107 Å². The van der Waals surface area contributed by atoms with Gasteiger partial charge in [0.1, 0.15) is 5.75 Å². The molecule has 98 valence electrons. The Bertz CT molecular complexity index is 417. The summed E-state index contributed by atoms with van der Waals surface area (Å²) in [5, 5.41) is 18.8. The first-order chi connectivity index (χ1) is 8.60. The monoisotopic (exact) mass is 249 g/mol. The molecule has 4 heteroatoms. The highest BCUT2D eigenvalue weighted by Gasteiger charge is 2.22. The maximum atomic E-state index is 10.9. The lowest BCUT2D eigenvalue weighted by Crippen LogP contribution is -2.33. The van der Waals surface area contributed by atoms with Crippen molar-refractivity contribution in [2.24, 2.45) is 0 Å². The molecule has 1 aromatic rings. The first-order valence-electron chi connectivity index (χ1n) is 5.94. The van der Waals surface area contributed by atoms with Crippen molar-refractivity contribution in [1.29, 1.82) is 0 Å². The standard InChI is InChI=1S/C14H19NO3/c1-3-9-15(10-14(17)18)12(4-2)11-7-5-6-8-13(11)16/h3,5-8,12,16H,1,4,9-10H2,2H3,(H,17,18). The molecule has 0 aromatic heterocycles. The molecule has 0 aliphatic heterocycles. The summed E-state index contributed by atoms with van der Waals surface area (Å²) in [6.07, 6.45) is 2.39. The minimum absolute atomic E-state index is 0.0706. The van der Waals surface area contributed by atoms with Crippen molar-refractivity contribution in [3.63, 3.8) is 0 Å². The summed E-state index contributed by atoms with van der Waals surface area (Å²) in [5.41, 5.74) is 0.753. The zero-order valence-corrected chi connectivity index (χ0v) is 10.5. The van der Waals surface area contributed by atoms with E-state index in [1.165, 1.54) is 0 Å². The van der Waals surface area contributed by atoms with E-state index in [1.54, 1.807) is 23.1 Å². The summed E-state index contributed by atoms with van der Waals surface area (Å²) >= 11 is 0. The Morgan fingerprint density at radius 1 is 1.50 bits per heavy atom. The van der Waals surface area contributed by atoms with Crippen molar-refractivity contribution in [3.8, 4) is 5.75 Å². The zero-order chi connectivity index (χ0) is 13.5. The van der Waals surface area contributed by atoms with E-state index in [-0.39, 0.29) is 18.3 Å². The quantitative estimate of drug-likeness (QED) is 0.728. The number of rotatable bonds is 7. The van der Waals surface area contributed by atoms with Gasteiger partial charge in [-0.1, -0.05) is 31.2 Å². The van der Waals surface area contributed by atoms with Gasteiger partial charge in [0.05, 0.1) is 6.54 Å². The number of hydrogen-bond acceptors (Lipinski definition) is 3. The first-order valence-corrected chi connectivity index (χ1v) is 5.94. The molecule has 2 N–H and O–H groups in total. The van der Waals surface area contributed by atoms with Crippen molar-refractivity contribution in [2.75, 3.05) is 13.1 Å². The van der Waals surface area contributed by atoms with Crippen LogP contribution in [0, 0.1) is 0 Å². The normalized spacial score (nSPS) is 12.3. The minimum Gasteiger partial charge on any atom is -0.508 e. The third kappa shape index (κ3) is 3.60. The van der Waals surface area contributed by atoms with Crippen LogP contribution in [0.2, 0.25) is 0 Å². The summed E-state index contributed by atoms with van der Waals surface area (Å²) in [7, 11) is 0. The van der Waals surface area contributed by atoms with E-state index < -0.39 is 5.97 Å². The third-order valence-electron chi connectivity index (χ3n) is 2.83. The van der Waals surface area contributed by atoms with E-state index in [0.29, 0.717) is 6.54 Å². The second-order valence-electron chi connectivity index (χ2n) is 4.09. The summed E-state index contributed by atoms with van der Waals surface area (Å²) in [6.45, 7) is 6.01. The summed E-state index contributed by atoms with van der Waals surface area (Å²) in [6, 6.07) is 6.90. The van der Waals surface area contributed by atoms with Crippen molar-refractivity contribution in [3.05, 3.63) is 42.5 Å². The molecule has 0 radical (unpaired) electrons. The largest absolute Gasteiger partial charge is 0.508 e. The molecular weight excluding hydrogens is 230 g/mol. The van der Waals surface area contributed by atoms with Gasteiger partial charge in [0.25, 0.3) is 0 Å². The Balaban J connectivity index is 3.01. The number of carboxylic acids is 1. The number of benzene rings is 1. The molecule has 0 bridgehead atoms. The van der Waals surface area contributed by atoms with Gasteiger partial charge in [0, 0.05) is 18.2 Å². The van der Waals surface area contributed by atoms with Crippen molar-refractivity contribution >= 4 is 5.97 Å². The molecule has 0 fully saturated rings. The first kappa shape index (κ1) is 14.3. The Hall–Kier alpha value is -1.81. The van der Waals surface area contributed by atoms with E-state index in [1.807, 2.05) is 19.1 Å². The Morgan fingerprint density at radius 2 is 2.17 bits per heavy atom.